The molecule has 0 bridgehead atoms. The summed E-state index contributed by atoms with van der Waals surface area (Å²) in [4.78, 5) is 14.5. The third-order valence-corrected chi connectivity index (χ3v) is 3.69. The number of nitrogen functional groups attached to an aromatic ring is 1. The van der Waals surface area contributed by atoms with Crippen LogP contribution in [0, 0.1) is 6.92 Å². The summed E-state index contributed by atoms with van der Waals surface area (Å²) in [7, 11) is 0. The van der Waals surface area contributed by atoms with Gasteiger partial charge in [-0.05, 0) is 38.0 Å². The zero-order chi connectivity index (χ0) is 14.3. The molecule has 1 aromatic carbocycles. The smallest absolute Gasteiger partial charge is 0.276 e. The number of rotatable bonds is 2. The fourth-order valence-electron chi connectivity index (χ4n) is 2.79. The van der Waals surface area contributed by atoms with Gasteiger partial charge in [0.2, 0.25) is 0 Å². The molecule has 20 heavy (non-hydrogen) atoms. The molecular formula is C15H18N4O. The van der Waals surface area contributed by atoms with E-state index >= 15 is 0 Å². The molecule has 0 saturated heterocycles. The van der Waals surface area contributed by atoms with Crippen molar-refractivity contribution in [2.75, 3.05) is 17.2 Å². The quantitative estimate of drug-likeness (QED) is 0.849. The van der Waals surface area contributed by atoms with Gasteiger partial charge in [-0.2, -0.15) is 5.10 Å². The van der Waals surface area contributed by atoms with E-state index in [2.05, 4.69) is 5.10 Å². The molecule has 2 N–H and O–H groups in total. The second-order valence-corrected chi connectivity index (χ2v) is 5.05. The zero-order valence-corrected chi connectivity index (χ0v) is 11.8. The number of aromatic nitrogens is 2. The van der Waals surface area contributed by atoms with Crippen molar-refractivity contribution >= 4 is 17.3 Å². The summed E-state index contributed by atoms with van der Waals surface area (Å²) in [6.45, 7) is 5.24. The van der Waals surface area contributed by atoms with Crippen molar-refractivity contribution in [3.8, 4) is 0 Å². The number of benzene rings is 1. The Balaban J connectivity index is 2.02. The van der Waals surface area contributed by atoms with E-state index in [1.807, 2.05) is 38.1 Å². The predicted molar refractivity (Wildman–Crippen MR) is 78.9 cm³/mol. The molecule has 1 aromatic heterocycles. The number of nitrogens with zero attached hydrogens (tertiary/aromatic N) is 3. The summed E-state index contributed by atoms with van der Waals surface area (Å²) in [6, 6.07) is 7.64. The minimum absolute atomic E-state index is 0.0240. The van der Waals surface area contributed by atoms with Crippen LogP contribution in [-0.2, 0) is 13.0 Å². The van der Waals surface area contributed by atoms with Gasteiger partial charge in [0.1, 0.15) is 5.69 Å². The van der Waals surface area contributed by atoms with E-state index in [1.54, 1.807) is 9.58 Å². The van der Waals surface area contributed by atoms with E-state index in [0.29, 0.717) is 24.5 Å². The number of aryl methyl sites for hydroxylation is 2. The Morgan fingerprint density at radius 2 is 2.25 bits per heavy atom. The van der Waals surface area contributed by atoms with Crippen LogP contribution in [0.5, 0.6) is 0 Å². The van der Waals surface area contributed by atoms with Gasteiger partial charge in [-0.25, -0.2) is 0 Å². The van der Waals surface area contributed by atoms with E-state index in [4.69, 9.17) is 5.73 Å². The van der Waals surface area contributed by atoms with Crippen LogP contribution in [0.25, 0.3) is 0 Å². The molecule has 104 valence electrons. The highest BCUT2D eigenvalue weighted by Gasteiger charge is 2.29. The maximum absolute atomic E-state index is 12.8. The minimum Gasteiger partial charge on any atom is -0.397 e. The minimum atomic E-state index is -0.0240. The number of carbonyl (C=O) groups is 1. The van der Waals surface area contributed by atoms with E-state index < -0.39 is 0 Å². The molecule has 2 aromatic rings. The van der Waals surface area contributed by atoms with Crippen molar-refractivity contribution in [1.29, 1.82) is 0 Å². The second-order valence-electron chi connectivity index (χ2n) is 5.05. The van der Waals surface area contributed by atoms with Crippen LogP contribution in [-0.4, -0.2) is 22.2 Å². The number of hydrogen-bond acceptors (Lipinski definition) is 3. The van der Waals surface area contributed by atoms with Crippen LogP contribution in [0.2, 0.25) is 0 Å². The largest absolute Gasteiger partial charge is 0.397 e. The van der Waals surface area contributed by atoms with Gasteiger partial charge in [-0.3, -0.25) is 9.48 Å². The molecular weight excluding hydrogens is 252 g/mol. The molecule has 1 aliphatic heterocycles. The Hall–Kier alpha value is -2.30. The maximum Gasteiger partial charge on any atom is 0.276 e. The summed E-state index contributed by atoms with van der Waals surface area (Å²) < 4.78 is 1.74. The molecule has 0 aliphatic carbocycles. The van der Waals surface area contributed by atoms with Crippen molar-refractivity contribution in [3.63, 3.8) is 0 Å². The summed E-state index contributed by atoms with van der Waals surface area (Å²) in [5, 5.41) is 4.34. The maximum atomic E-state index is 12.8. The SMILES string of the molecule is CCn1nc(C)cc1C(=O)N1CCc2cccc(N)c21. The lowest BCUT2D eigenvalue weighted by molar-refractivity contribution is 0.0979. The molecule has 3 rings (SSSR count). The summed E-state index contributed by atoms with van der Waals surface area (Å²) in [5.74, 6) is -0.0240. The average molecular weight is 270 g/mol. The highest BCUT2D eigenvalue weighted by molar-refractivity contribution is 6.08. The Morgan fingerprint density at radius 3 is 3.00 bits per heavy atom. The van der Waals surface area contributed by atoms with Crippen molar-refractivity contribution in [2.24, 2.45) is 0 Å². The van der Waals surface area contributed by atoms with Crippen LogP contribution in [0.15, 0.2) is 24.3 Å². The number of carbonyl (C=O) groups excluding carboxylic acids is 1. The molecule has 0 spiro atoms. The third-order valence-electron chi connectivity index (χ3n) is 3.69. The summed E-state index contributed by atoms with van der Waals surface area (Å²) in [6.07, 6.45) is 0.853. The zero-order valence-electron chi connectivity index (χ0n) is 11.8. The van der Waals surface area contributed by atoms with Crippen molar-refractivity contribution in [3.05, 3.63) is 41.2 Å². The van der Waals surface area contributed by atoms with Crippen molar-refractivity contribution in [2.45, 2.75) is 26.8 Å². The molecule has 0 radical (unpaired) electrons. The topological polar surface area (TPSA) is 64.2 Å². The average Bonchev–Trinajstić information content (AvgIpc) is 3.02. The molecule has 0 unspecified atom stereocenters. The number of anilines is 2. The van der Waals surface area contributed by atoms with E-state index in [0.717, 1.165) is 23.4 Å². The first-order chi connectivity index (χ1) is 9.61. The highest BCUT2D eigenvalue weighted by atomic mass is 16.2. The fraction of sp³-hybridized carbons (Fsp3) is 0.333. The van der Waals surface area contributed by atoms with E-state index in [-0.39, 0.29) is 5.91 Å². The van der Waals surface area contributed by atoms with Crippen molar-refractivity contribution in [1.82, 2.24) is 9.78 Å². The van der Waals surface area contributed by atoms with Gasteiger partial charge in [-0.15, -0.1) is 0 Å². The summed E-state index contributed by atoms with van der Waals surface area (Å²) in [5.41, 5.74) is 10.2. The van der Waals surface area contributed by atoms with Crippen LogP contribution in [0.1, 0.15) is 28.7 Å². The van der Waals surface area contributed by atoms with E-state index in [9.17, 15) is 4.79 Å². The lowest BCUT2D eigenvalue weighted by Crippen LogP contribution is -2.31. The number of nitrogens with two attached hydrogens (primary N) is 1. The van der Waals surface area contributed by atoms with Gasteiger partial charge < -0.3 is 10.6 Å². The Bertz CT molecular complexity index is 675. The summed E-state index contributed by atoms with van der Waals surface area (Å²) >= 11 is 0. The van der Waals surface area contributed by atoms with Gasteiger partial charge in [0.05, 0.1) is 17.1 Å². The molecule has 1 aliphatic rings. The number of para-hydroxylation sites is 1. The molecule has 0 saturated carbocycles. The van der Waals surface area contributed by atoms with Gasteiger partial charge in [0.15, 0.2) is 0 Å². The Labute approximate surface area is 118 Å². The van der Waals surface area contributed by atoms with E-state index in [1.165, 1.54) is 0 Å². The fourth-order valence-corrected chi connectivity index (χ4v) is 2.79. The first-order valence-electron chi connectivity index (χ1n) is 6.85. The number of amides is 1. The molecule has 5 nitrogen and oxygen atoms in total. The number of hydrogen-bond donors (Lipinski definition) is 1. The van der Waals surface area contributed by atoms with Gasteiger partial charge in [0.25, 0.3) is 5.91 Å². The van der Waals surface area contributed by atoms with Crippen LogP contribution < -0.4 is 10.6 Å². The van der Waals surface area contributed by atoms with Gasteiger partial charge in [-0.1, -0.05) is 12.1 Å². The Kier molecular flexibility index (Phi) is 2.97. The first kappa shape index (κ1) is 12.7. The Morgan fingerprint density at radius 1 is 1.45 bits per heavy atom. The van der Waals surface area contributed by atoms with Crippen LogP contribution in [0.4, 0.5) is 11.4 Å². The molecule has 0 fully saturated rings. The standard InChI is InChI=1S/C15H18N4O/c1-3-19-13(9-10(2)17-19)15(20)18-8-7-11-5-4-6-12(16)14(11)18/h4-6,9H,3,7-8,16H2,1-2H3. The van der Waals surface area contributed by atoms with Crippen molar-refractivity contribution < 1.29 is 4.79 Å². The van der Waals surface area contributed by atoms with Gasteiger partial charge in [0, 0.05) is 13.1 Å². The molecule has 0 atom stereocenters. The molecule has 5 heteroatoms. The second kappa shape index (κ2) is 4.67. The lowest BCUT2D eigenvalue weighted by atomic mass is 10.1. The predicted octanol–water partition coefficient (Wildman–Crippen LogP) is 2.00. The third kappa shape index (κ3) is 1.86. The first-order valence-corrected chi connectivity index (χ1v) is 6.85. The normalized spacial score (nSPS) is 13.6. The van der Waals surface area contributed by atoms with Gasteiger partial charge >= 0.3 is 0 Å². The molecule has 2 heterocycles. The highest BCUT2D eigenvalue weighted by Crippen LogP contribution is 2.34. The molecule has 1 amide bonds. The van der Waals surface area contributed by atoms with Crippen LogP contribution in [0.3, 0.4) is 0 Å². The number of fused-ring (bicyclic) bond motifs is 1. The van der Waals surface area contributed by atoms with Crippen LogP contribution >= 0.6 is 0 Å². The lowest BCUT2D eigenvalue weighted by Gasteiger charge is -2.19. The monoisotopic (exact) mass is 270 g/mol.